The number of aromatic nitrogens is 1. The highest BCUT2D eigenvalue weighted by Gasteiger charge is 2.52. The van der Waals surface area contributed by atoms with Gasteiger partial charge in [0.25, 0.3) is 11.6 Å². The van der Waals surface area contributed by atoms with Crippen LogP contribution >= 0.6 is 0 Å². The SMILES string of the molecule is CCOC(=O)C1(c2cc(C(C)C)on2)CN=C(Nc2c3c(cc4c2CCC4)CCC3)O1. The van der Waals surface area contributed by atoms with Gasteiger partial charge in [0.2, 0.25) is 0 Å². The highest BCUT2D eigenvalue weighted by atomic mass is 16.6. The van der Waals surface area contributed by atoms with E-state index in [4.69, 9.17) is 14.0 Å². The molecular weight excluding hydrogens is 394 g/mol. The zero-order valence-corrected chi connectivity index (χ0v) is 18.4. The number of benzene rings is 1. The predicted octanol–water partition coefficient (Wildman–Crippen LogP) is 4.03. The van der Waals surface area contributed by atoms with Crippen molar-refractivity contribution in [2.75, 3.05) is 18.5 Å². The van der Waals surface area contributed by atoms with Gasteiger partial charge in [-0.05, 0) is 67.7 Å². The van der Waals surface area contributed by atoms with Gasteiger partial charge < -0.3 is 19.3 Å². The lowest BCUT2D eigenvalue weighted by atomic mass is 9.98. The van der Waals surface area contributed by atoms with Crippen molar-refractivity contribution in [3.05, 3.63) is 45.8 Å². The maximum Gasteiger partial charge on any atom is 0.359 e. The van der Waals surface area contributed by atoms with Crippen molar-refractivity contribution in [1.29, 1.82) is 0 Å². The van der Waals surface area contributed by atoms with Crippen molar-refractivity contribution < 1.29 is 18.8 Å². The van der Waals surface area contributed by atoms with E-state index in [0.29, 0.717) is 17.5 Å². The van der Waals surface area contributed by atoms with E-state index in [1.54, 1.807) is 13.0 Å². The number of hydrogen-bond acceptors (Lipinski definition) is 7. The molecule has 5 rings (SSSR count). The van der Waals surface area contributed by atoms with E-state index in [9.17, 15) is 4.79 Å². The maximum atomic E-state index is 13.0. The molecule has 3 aliphatic rings. The molecule has 0 bridgehead atoms. The normalized spacial score (nSPS) is 21.6. The highest BCUT2D eigenvalue weighted by Crippen LogP contribution is 2.40. The van der Waals surface area contributed by atoms with E-state index < -0.39 is 11.6 Å². The third-order valence-corrected chi connectivity index (χ3v) is 6.54. The number of rotatable bonds is 5. The van der Waals surface area contributed by atoms with Crippen LogP contribution in [0.3, 0.4) is 0 Å². The van der Waals surface area contributed by atoms with Crippen LogP contribution in [0.4, 0.5) is 5.69 Å². The first kappa shape index (κ1) is 20.1. The molecule has 1 N–H and O–H groups in total. The molecule has 7 nitrogen and oxygen atoms in total. The fraction of sp³-hybridized carbons (Fsp3) is 0.542. The lowest BCUT2D eigenvalue weighted by Gasteiger charge is -2.24. The highest BCUT2D eigenvalue weighted by molar-refractivity contribution is 5.96. The number of aryl methyl sites for hydroxylation is 2. The quantitative estimate of drug-likeness (QED) is 0.731. The van der Waals surface area contributed by atoms with Crippen LogP contribution < -0.4 is 5.32 Å². The summed E-state index contributed by atoms with van der Waals surface area (Å²) in [5.41, 5.74) is 5.69. The van der Waals surface area contributed by atoms with Crippen LogP contribution in [0.5, 0.6) is 0 Å². The summed E-state index contributed by atoms with van der Waals surface area (Å²) in [5, 5.41) is 7.60. The van der Waals surface area contributed by atoms with Gasteiger partial charge in [-0.3, -0.25) is 0 Å². The van der Waals surface area contributed by atoms with Crippen molar-refractivity contribution in [3.63, 3.8) is 0 Å². The van der Waals surface area contributed by atoms with Crippen molar-refractivity contribution in [2.45, 2.75) is 70.8 Å². The summed E-state index contributed by atoms with van der Waals surface area (Å²) >= 11 is 0. The lowest BCUT2D eigenvalue weighted by Crippen LogP contribution is -2.42. The molecule has 0 spiro atoms. The minimum atomic E-state index is -1.42. The second-order valence-corrected chi connectivity index (χ2v) is 8.90. The molecule has 2 heterocycles. The van der Waals surface area contributed by atoms with E-state index in [1.807, 2.05) is 13.8 Å². The van der Waals surface area contributed by atoms with Gasteiger partial charge in [-0.1, -0.05) is 25.1 Å². The second-order valence-electron chi connectivity index (χ2n) is 8.90. The van der Waals surface area contributed by atoms with Crippen molar-refractivity contribution in [2.24, 2.45) is 4.99 Å². The summed E-state index contributed by atoms with van der Waals surface area (Å²) in [6.45, 7) is 6.16. The van der Waals surface area contributed by atoms with E-state index in [-0.39, 0.29) is 19.1 Å². The lowest BCUT2D eigenvalue weighted by molar-refractivity contribution is -0.162. The number of amidine groups is 1. The van der Waals surface area contributed by atoms with E-state index >= 15 is 0 Å². The summed E-state index contributed by atoms with van der Waals surface area (Å²) < 4.78 is 17.0. The van der Waals surface area contributed by atoms with Gasteiger partial charge in [0.1, 0.15) is 18.0 Å². The molecule has 2 aromatic rings. The molecule has 1 aromatic heterocycles. The van der Waals surface area contributed by atoms with Crippen molar-refractivity contribution >= 4 is 17.7 Å². The average molecular weight is 424 g/mol. The molecule has 31 heavy (non-hydrogen) atoms. The molecule has 1 aromatic carbocycles. The van der Waals surface area contributed by atoms with Crippen LogP contribution in [-0.4, -0.2) is 30.3 Å². The molecule has 7 heteroatoms. The van der Waals surface area contributed by atoms with Gasteiger partial charge >= 0.3 is 5.97 Å². The number of hydrogen-bond donors (Lipinski definition) is 1. The zero-order chi connectivity index (χ0) is 21.6. The Morgan fingerprint density at radius 3 is 2.48 bits per heavy atom. The van der Waals surface area contributed by atoms with Crippen LogP contribution in [0.25, 0.3) is 0 Å². The van der Waals surface area contributed by atoms with Crippen LogP contribution in [-0.2, 0) is 45.6 Å². The number of esters is 1. The van der Waals surface area contributed by atoms with Crippen molar-refractivity contribution in [1.82, 2.24) is 5.16 Å². The first-order valence-corrected chi connectivity index (χ1v) is 11.3. The Hall–Kier alpha value is -2.83. The first-order chi connectivity index (χ1) is 15.0. The first-order valence-electron chi connectivity index (χ1n) is 11.3. The molecule has 164 valence electrons. The molecule has 0 saturated heterocycles. The summed E-state index contributed by atoms with van der Waals surface area (Å²) in [7, 11) is 0. The maximum absolute atomic E-state index is 13.0. The third kappa shape index (κ3) is 3.30. The predicted molar refractivity (Wildman–Crippen MR) is 116 cm³/mol. The Kier molecular flexibility index (Phi) is 4.99. The van der Waals surface area contributed by atoms with Gasteiger partial charge in [0.15, 0.2) is 0 Å². The Balaban J connectivity index is 1.46. The smallest absolute Gasteiger partial charge is 0.359 e. The molecular formula is C24H29N3O4. The topological polar surface area (TPSA) is 86.0 Å². The van der Waals surface area contributed by atoms with Crippen LogP contribution in [0.1, 0.15) is 73.2 Å². The largest absolute Gasteiger partial charge is 0.463 e. The fourth-order valence-electron chi connectivity index (χ4n) is 4.90. The van der Waals surface area contributed by atoms with Crippen molar-refractivity contribution in [3.8, 4) is 0 Å². The Bertz CT molecular complexity index is 1020. The van der Waals surface area contributed by atoms with E-state index in [1.165, 1.54) is 35.1 Å². The molecule has 1 aliphatic heterocycles. The number of nitrogens with zero attached hydrogens (tertiary/aromatic N) is 2. The van der Waals surface area contributed by atoms with Crippen LogP contribution in [0.15, 0.2) is 21.6 Å². The number of carbonyl (C=O) groups excluding carboxylic acids is 1. The minimum Gasteiger partial charge on any atom is -0.463 e. The monoisotopic (exact) mass is 423 g/mol. The second kappa shape index (κ2) is 7.70. The van der Waals surface area contributed by atoms with Crippen LogP contribution in [0, 0.1) is 0 Å². The Morgan fingerprint density at radius 1 is 1.16 bits per heavy atom. The van der Waals surface area contributed by atoms with E-state index in [0.717, 1.165) is 31.4 Å². The summed E-state index contributed by atoms with van der Waals surface area (Å²) in [4.78, 5) is 17.6. The number of ether oxygens (including phenoxy) is 2. The van der Waals surface area contributed by atoms with Gasteiger partial charge in [-0.15, -0.1) is 0 Å². The minimum absolute atomic E-state index is 0.107. The fourth-order valence-corrected chi connectivity index (χ4v) is 4.90. The molecule has 0 saturated carbocycles. The third-order valence-electron chi connectivity index (χ3n) is 6.54. The summed E-state index contributed by atoms with van der Waals surface area (Å²) in [6.07, 6.45) is 6.70. The van der Waals surface area contributed by atoms with E-state index in [2.05, 4.69) is 21.5 Å². The number of aliphatic imine (C=N–C) groups is 1. The molecule has 1 unspecified atom stereocenters. The van der Waals surface area contributed by atoms with Gasteiger partial charge in [0.05, 0.1) is 6.61 Å². The standard InChI is InChI=1S/C24H29N3O4/c1-4-29-22(28)24(20-12-19(14(2)3)31-27-20)13-25-23(30-24)26-21-17-9-5-7-15(17)11-16-8-6-10-18(16)21/h11-12,14H,4-10,13H2,1-3H3,(H,25,26). The van der Waals surface area contributed by atoms with Gasteiger partial charge in [-0.25, -0.2) is 9.79 Å². The number of anilines is 1. The van der Waals surface area contributed by atoms with Gasteiger partial charge in [-0.2, -0.15) is 0 Å². The molecule has 2 aliphatic carbocycles. The van der Waals surface area contributed by atoms with Crippen LogP contribution in [0.2, 0.25) is 0 Å². The number of nitrogens with one attached hydrogen (secondary N) is 1. The number of fused-ring (bicyclic) bond motifs is 2. The summed E-state index contributed by atoms with van der Waals surface area (Å²) in [6, 6.07) is 4.51. The zero-order valence-electron chi connectivity index (χ0n) is 18.4. The Morgan fingerprint density at radius 2 is 1.87 bits per heavy atom. The average Bonchev–Trinajstić information content (AvgIpc) is 3.52. The molecule has 1 atom stereocenters. The van der Waals surface area contributed by atoms with Gasteiger partial charge in [0, 0.05) is 17.7 Å². The number of carbonyl (C=O) groups is 1. The summed E-state index contributed by atoms with van der Waals surface area (Å²) in [5.74, 6) is 0.347. The molecule has 0 radical (unpaired) electrons. The Labute approximate surface area is 182 Å². The molecule has 0 amide bonds. The molecule has 0 fully saturated rings.